The summed E-state index contributed by atoms with van der Waals surface area (Å²) in [6.07, 6.45) is 93.2. The minimum Gasteiger partial charge on any atom is -0.462 e. The minimum atomic E-state index is -0.792. The highest BCUT2D eigenvalue weighted by molar-refractivity contribution is 5.71. The third-order valence-electron chi connectivity index (χ3n) is 15.6. The van der Waals surface area contributed by atoms with E-state index in [4.69, 9.17) is 14.2 Å². The SMILES string of the molecule is CC/C=C\C/C=C\C/C=C\C/C=C\CCCCCCCCC(=O)OC(COC(=O)CCCCCCCC/C=C\C/C=C\C/C=C\CCCCC)COC(=O)CCCCCCCCCCCCCCCCCCCCCCCCCCCC. The molecule has 0 aromatic carbocycles. The van der Waals surface area contributed by atoms with Crippen LogP contribution in [-0.2, 0) is 28.6 Å². The van der Waals surface area contributed by atoms with E-state index in [1.54, 1.807) is 0 Å². The van der Waals surface area contributed by atoms with Gasteiger partial charge in [0.2, 0.25) is 0 Å². The lowest BCUT2D eigenvalue weighted by molar-refractivity contribution is -0.167. The Morgan fingerprint density at radius 2 is 0.476 bits per heavy atom. The number of hydrogen-bond donors (Lipinski definition) is 0. The highest BCUT2D eigenvalue weighted by Crippen LogP contribution is 2.18. The maximum Gasteiger partial charge on any atom is 0.306 e. The van der Waals surface area contributed by atoms with Crippen LogP contribution in [-0.4, -0.2) is 37.2 Å². The predicted molar refractivity (Wildman–Crippen MR) is 358 cm³/mol. The van der Waals surface area contributed by atoms with E-state index in [2.05, 4.69) is 106 Å². The van der Waals surface area contributed by atoms with Crippen LogP contribution in [0.5, 0.6) is 0 Å². The van der Waals surface area contributed by atoms with Gasteiger partial charge in [0.15, 0.2) is 6.10 Å². The molecule has 0 heterocycles. The molecule has 0 rings (SSSR count). The Bertz CT molecular complexity index is 1550. The van der Waals surface area contributed by atoms with Crippen molar-refractivity contribution in [3.8, 4) is 0 Å². The van der Waals surface area contributed by atoms with Gasteiger partial charge in [-0.3, -0.25) is 14.4 Å². The molecule has 0 aromatic rings. The van der Waals surface area contributed by atoms with Crippen LogP contribution in [0.25, 0.3) is 0 Å². The van der Waals surface area contributed by atoms with Gasteiger partial charge in [0.25, 0.3) is 0 Å². The second kappa shape index (κ2) is 70.1. The molecule has 0 saturated heterocycles. The maximum atomic E-state index is 13.0. The van der Waals surface area contributed by atoms with Gasteiger partial charge in [-0.15, -0.1) is 0 Å². The van der Waals surface area contributed by atoms with Crippen molar-refractivity contribution in [2.45, 2.75) is 367 Å². The molecule has 0 aliphatic heterocycles. The fraction of sp³-hybridized carbons (Fsp3) is 0.776. The van der Waals surface area contributed by atoms with E-state index >= 15 is 0 Å². The van der Waals surface area contributed by atoms with Crippen LogP contribution in [0.3, 0.4) is 0 Å². The third-order valence-corrected chi connectivity index (χ3v) is 15.6. The first kappa shape index (κ1) is 78.6. The first-order valence-electron chi connectivity index (χ1n) is 35.6. The maximum absolute atomic E-state index is 13.0. The summed E-state index contributed by atoms with van der Waals surface area (Å²) in [5, 5.41) is 0. The fourth-order valence-corrected chi connectivity index (χ4v) is 10.3. The van der Waals surface area contributed by atoms with Crippen LogP contribution in [0.4, 0.5) is 0 Å². The molecule has 1 atom stereocenters. The Morgan fingerprint density at radius 3 is 0.768 bits per heavy atom. The molecule has 6 heteroatoms. The van der Waals surface area contributed by atoms with E-state index in [0.717, 1.165) is 116 Å². The molecule has 0 N–H and O–H groups in total. The number of allylic oxidation sites excluding steroid dienone is 14. The van der Waals surface area contributed by atoms with E-state index in [9.17, 15) is 14.4 Å². The zero-order valence-corrected chi connectivity index (χ0v) is 54.5. The fourth-order valence-electron chi connectivity index (χ4n) is 10.3. The Labute approximate surface area is 509 Å². The van der Waals surface area contributed by atoms with Gasteiger partial charge in [0.05, 0.1) is 0 Å². The summed E-state index contributed by atoms with van der Waals surface area (Å²) in [7, 11) is 0. The average molecular weight is 1140 g/mol. The molecule has 1 unspecified atom stereocenters. The summed E-state index contributed by atoms with van der Waals surface area (Å²) >= 11 is 0. The topological polar surface area (TPSA) is 78.9 Å². The summed E-state index contributed by atoms with van der Waals surface area (Å²) in [5.74, 6) is -0.892. The van der Waals surface area contributed by atoms with E-state index in [1.807, 2.05) is 0 Å². The van der Waals surface area contributed by atoms with Gasteiger partial charge in [-0.25, -0.2) is 0 Å². The van der Waals surface area contributed by atoms with Crippen LogP contribution in [0.15, 0.2) is 85.1 Å². The summed E-state index contributed by atoms with van der Waals surface area (Å²) in [4.78, 5) is 38.5. The summed E-state index contributed by atoms with van der Waals surface area (Å²) < 4.78 is 17.0. The molecular weight excluding hydrogens is 1010 g/mol. The first-order chi connectivity index (χ1) is 40.5. The molecule has 0 aromatic heterocycles. The molecule has 0 aliphatic rings. The Morgan fingerprint density at radius 1 is 0.256 bits per heavy atom. The number of carbonyl (C=O) groups excluding carboxylic acids is 3. The lowest BCUT2D eigenvalue weighted by Gasteiger charge is -2.18. The highest BCUT2D eigenvalue weighted by Gasteiger charge is 2.19. The standard InChI is InChI=1S/C76H134O6/c1-4-7-10-13-16-19-22-25-28-31-34-35-36-37-38-39-40-43-45-48-51-54-57-60-63-66-69-75(78)81-72-73(82-76(79)70-67-64-61-58-55-52-49-46-42-33-30-27-24-21-18-15-12-9-6-3)71-80-74(77)68-65-62-59-56-53-50-47-44-41-32-29-26-23-20-17-14-11-8-5-2/h9,12,17-18,20-21,26-27,29-30,41-42,44,46,73H,4-8,10-11,13-16,19,22-25,28,31-40,43,45,47-72H2,1-3H3/b12-9-,20-17-,21-18-,29-26-,30-27-,44-41-,46-42-. The molecule has 0 spiro atoms. The second-order valence-electron chi connectivity index (χ2n) is 23.8. The Kier molecular flexibility index (Phi) is 67.2. The Hall–Kier alpha value is -3.41. The molecule has 0 saturated carbocycles. The van der Waals surface area contributed by atoms with Crippen LogP contribution in [0.2, 0.25) is 0 Å². The first-order valence-corrected chi connectivity index (χ1v) is 35.6. The molecule has 474 valence electrons. The molecular formula is C76H134O6. The van der Waals surface area contributed by atoms with E-state index in [-0.39, 0.29) is 31.1 Å². The van der Waals surface area contributed by atoms with E-state index in [0.29, 0.717) is 19.3 Å². The predicted octanol–water partition coefficient (Wildman–Crippen LogP) is 24.6. The van der Waals surface area contributed by atoms with Crippen LogP contribution >= 0.6 is 0 Å². The lowest BCUT2D eigenvalue weighted by Crippen LogP contribution is -2.30. The largest absolute Gasteiger partial charge is 0.462 e. The van der Waals surface area contributed by atoms with Gasteiger partial charge in [-0.05, 0) is 96.3 Å². The van der Waals surface area contributed by atoms with Crippen molar-refractivity contribution in [1.29, 1.82) is 0 Å². The number of carbonyl (C=O) groups is 3. The zero-order chi connectivity index (χ0) is 59.2. The highest BCUT2D eigenvalue weighted by atomic mass is 16.6. The third kappa shape index (κ3) is 67.4. The van der Waals surface area contributed by atoms with Crippen molar-refractivity contribution in [3.05, 3.63) is 85.1 Å². The normalized spacial score (nSPS) is 12.6. The number of esters is 3. The van der Waals surface area contributed by atoms with E-state index in [1.165, 1.54) is 205 Å². The summed E-state index contributed by atoms with van der Waals surface area (Å²) in [6.45, 7) is 6.53. The molecule has 0 radical (unpaired) electrons. The molecule has 6 nitrogen and oxygen atoms in total. The zero-order valence-electron chi connectivity index (χ0n) is 54.5. The minimum absolute atomic E-state index is 0.0840. The van der Waals surface area contributed by atoms with E-state index < -0.39 is 6.10 Å². The van der Waals surface area contributed by atoms with Gasteiger partial charge in [0, 0.05) is 19.3 Å². The average Bonchev–Trinajstić information content (AvgIpc) is 3.48. The monoisotopic (exact) mass is 1140 g/mol. The molecule has 0 amide bonds. The molecule has 82 heavy (non-hydrogen) atoms. The van der Waals surface area contributed by atoms with Crippen molar-refractivity contribution in [2.75, 3.05) is 13.2 Å². The Balaban J connectivity index is 4.34. The van der Waals surface area contributed by atoms with Crippen LogP contribution in [0, 0.1) is 0 Å². The van der Waals surface area contributed by atoms with Gasteiger partial charge >= 0.3 is 17.9 Å². The van der Waals surface area contributed by atoms with Crippen molar-refractivity contribution < 1.29 is 28.6 Å². The molecule has 0 fully saturated rings. The van der Waals surface area contributed by atoms with Crippen LogP contribution in [0.1, 0.15) is 361 Å². The van der Waals surface area contributed by atoms with Crippen molar-refractivity contribution in [1.82, 2.24) is 0 Å². The lowest BCUT2D eigenvalue weighted by atomic mass is 10.0. The van der Waals surface area contributed by atoms with Crippen molar-refractivity contribution in [2.24, 2.45) is 0 Å². The van der Waals surface area contributed by atoms with Gasteiger partial charge < -0.3 is 14.2 Å². The number of hydrogen-bond acceptors (Lipinski definition) is 6. The van der Waals surface area contributed by atoms with Gasteiger partial charge in [0.1, 0.15) is 13.2 Å². The summed E-state index contributed by atoms with van der Waals surface area (Å²) in [6, 6.07) is 0. The molecule has 0 bridgehead atoms. The van der Waals surface area contributed by atoms with Crippen LogP contribution < -0.4 is 0 Å². The second-order valence-corrected chi connectivity index (χ2v) is 23.8. The number of unbranched alkanes of at least 4 members (excludes halogenated alkanes) is 40. The van der Waals surface area contributed by atoms with Crippen molar-refractivity contribution >= 4 is 17.9 Å². The van der Waals surface area contributed by atoms with Gasteiger partial charge in [-0.1, -0.05) is 331 Å². The number of ether oxygens (including phenoxy) is 3. The molecule has 0 aliphatic carbocycles. The quantitative estimate of drug-likeness (QED) is 0.0261. The smallest absolute Gasteiger partial charge is 0.306 e. The van der Waals surface area contributed by atoms with Crippen molar-refractivity contribution in [3.63, 3.8) is 0 Å². The van der Waals surface area contributed by atoms with Gasteiger partial charge in [-0.2, -0.15) is 0 Å². The summed E-state index contributed by atoms with van der Waals surface area (Å²) in [5.41, 5.74) is 0. The number of rotatable bonds is 65.